The minimum absolute atomic E-state index is 0.851. The van der Waals surface area contributed by atoms with Gasteiger partial charge in [-0.3, -0.25) is 5.43 Å². The maximum absolute atomic E-state index is 3.53. The first kappa shape index (κ1) is 15.5. The van der Waals surface area contributed by atoms with Gasteiger partial charge in [0.2, 0.25) is 0 Å². The average molecular weight is 280 g/mol. The Bertz CT molecular complexity index is 542. The number of hydrazine groups is 1. The molecule has 0 amide bonds. The third-order valence-electron chi connectivity index (χ3n) is 3.29. The van der Waals surface area contributed by atoms with Gasteiger partial charge in [0.1, 0.15) is 0 Å². The predicted octanol–water partition coefficient (Wildman–Crippen LogP) is 4.16. The van der Waals surface area contributed by atoms with Crippen LogP contribution in [0.3, 0.4) is 0 Å². The van der Waals surface area contributed by atoms with E-state index in [2.05, 4.69) is 91.0 Å². The van der Waals surface area contributed by atoms with Crippen LogP contribution in [0.4, 0.5) is 0 Å². The summed E-state index contributed by atoms with van der Waals surface area (Å²) in [4.78, 5) is 0. The molecular formula is C19H24N2. The van der Waals surface area contributed by atoms with Gasteiger partial charge in [0, 0.05) is 19.6 Å². The van der Waals surface area contributed by atoms with E-state index in [-0.39, 0.29) is 0 Å². The highest BCUT2D eigenvalue weighted by Crippen LogP contribution is 2.05. The van der Waals surface area contributed by atoms with E-state index >= 15 is 0 Å². The van der Waals surface area contributed by atoms with Gasteiger partial charge in [-0.1, -0.05) is 72.3 Å². The second-order valence-corrected chi connectivity index (χ2v) is 5.47. The molecule has 2 rings (SSSR count). The second kappa shape index (κ2) is 8.40. The number of benzene rings is 2. The van der Waals surface area contributed by atoms with E-state index in [1.165, 1.54) is 16.7 Å². The van der Waals surface area contributed by atoms with Gasteiger partial charge < -0.3 is 0 Å². The third kappa shape index (κ3) is 5.94. The molecule has 0 aliphatic carbocycles. The first-order valence-corrected chi connectivity index (χ1v) is 7.44. The van der Waals surface area contributed by atoms with Crippen molar-refractivity contribution in [3.8, 4) is 0 Å². The largest absolute Gasteiger partial charge is 0.250 e. The van der Waals surface area contributed by atoms with Crippen LogP contribution in [-0.2, 0) is 13.1 Å². The summed E-state index contributed by atoms with van der Waals surface area (Å²) in [6.45, 7) is 6.93. The molecule has 2 nitrogen and oxygen atoms in total. The molecule has 110 valence electrons. The second-order valence-electron chi connectivity index (χ2n) is 5.47. The van der Waals surface area contributed by atoms with Crippen LogP contribution in [0.15, 0.2) is 72.3 Å². The van der Waals surface area contributed by atoms with Gasteiger partial charge in [-0.25, -0.2) is 5.01 Å². The van der Waals surface area contributed by atoms with E-state index in [9.17, 15) is 0 Å². The molecule has 1 N–H and O–H groups in total. The van der Waals surface area contributed by atoms with Gasteiger partial charge in [-0.05, 0) is 25.0 Å². The lowest BCUT2D eigenvalue weighted by Gasteiger charge is -2.22. The number of rotatable bonds is 7. The van der Waals surface area contributed by atoms with E-state index in [0.717, 1.165) is 19.6 Å². The molecule has 0 saturated carbocycles. The summed E-state index contributed by atoms with van der Waals surface area (Å²) in [5.41, 5.74) is 7.49. The molecule has 21 heavy (non-hydrogen) atoms. The molecule has 0 fully saturated rings. The first-order valence-electron chi connectivity index (χ1n) is 7.44. The van der Waals surface area contributed by atoms with Crippen LogP contribution in [-0.4, -0.2) is 11.6 Å². The Morgan fingerprint density at radius 3 is 2.05 bits per heavy atom. The van der Waals surface area contributed by atoms with E-state index in [4.69, 9.17) is 0 Å². The standard InChI is InChI=1S/C19H24N2/c1-17(2)13-14-21(16-19-11-7-4-8-12-19)20-15-18-9-5-3-6-10-18/h3-13,20H,14-16H2,1-2H3. The Balaban J connectivity index is 1.96. The summed E-state index contributed by atoms with van der Waals surface area (Å²) < 4.78 is 0. The molecule has 0 heterocycles. The Morgan fingerprint density at radius 1 is 0.905 bits per heavy atom. The summed E-state index contributed by atoms with van der Waals surface area (Å²) in [5, 5.41) is 2.26. The maximum atomic E-state index is 3.53. The van der Waals surface area contributed by atoms with Gasteiger partial charge in [0.15, 0.2) is 0 Å². The number of nitrogens with one attached hydrogen (secondary N) is 1. The van der Waals surface area contributed by atoms with Crippen LogP contribution in [0.2, 0.25) is 0 Å². The summed E-state index contributed by atoms with van der Waals surface area (Å²) in [6, 6.07) is 21.1. The molecule has 2 aromatic rings. The van der Waals surface area contributed by atoms with Crippen LogP contribution in [0.1, 0.15) is 25.0 Å². The van der Waals surface area contributed by atoms with Crippen molar-refractivity contribution < 1.29 is 0 Å². The predicted molar refractivity (Wildman–Crippen MR) is 89.6 cm³/mol. The zero-order valence-corrected chi connectivity index (χ0v) is 12.9. The van der Waals surface area contributed by atoms with Crippen molar-refractivity contribution in [2.45, 2.75) is 26.9 Å². The molecular weight excluding hydrogens is 256 g/mol. The van der Waals surface area contributed by atoms with E-state index in [0.29, 0.717) is 0 Å². The summed E-state index contributed by atoms with van der Waals surface area (Å²) in [7, 11) is 0. The minimum Gasteiger partial charge on any atom is -0.250 e. The van der Waals surface area contributed by atoms with Crippen LogP contribution < -0.4 is 5.43 Å². The normalized spacial score (nSPS) is 10.6. The van der Waals surface area contributed by atoms with Gasteiger partial charge in [0.05, 0.1) is 0 Å². The minimum atomic E-state index is 0.851. The van der Waals surface area contributed by atoms with E-state index in [1.807, 2.05) is 0 Å². The van der Waals surface area contributed by atoms with Crippen LogP contribution in [0.25, 0.3) is 0 Å². The van der Waals surface area contributed by atoms with Gasteiger partial charge in [-0.2, -0.15) is 0 Å². The Hall–Kier alpha value is -1.90. The SMILES string of the molecule is CC(C)=CCN(Cc1ccccc1)NCc1ccccc1. The van der Waals surface area contributed by atoms with Crippen molar-refractivity contribution in [3.05, 3.63) is 83.4 Å². The van der Waals surface area contributed by atoms with Gasteiger partial charge in [-0.15, -0.1) is 0 Å². The lowest BCUT2D eigenvalue weighted by Crippen LogP contribution is -2.37. The van der Waals surface area contributed by atoms with Gasteiger partial charge >= 0.3 is 0 Å². The molecule has 0 spiro atoms. The molecule has 0 aliphatic rings. The van der Waals surface area contributed by atoms with Crippen molar-refractivity contribution in [2.75, 3.05) is 6.54 Å². The molecule has 0 bridgehead atoms. The highest BCUT2D eigenvalue weighted by atomic mass is 15.5. The van der Waals surface area contributed by atoms with Crippen molar-refractivity contribution in [1.82, 2.24) is 10.4 Å². The number of allylic oxidation sites excluding steroid dienone is 1. The molecule has 0 aromatic heterocycles. The Kier molecular flexibility index (Phi) is 6.20. The zero-order valence-electron chi connectivity index (χ0n) is 12.9. The van der Waals surface area contributed by atoms with Crippen molar-refractivity contribution in [2.24, 2.45) is 0 Å². The van der Waals surface area contributed by atoms with Crippen molar-refractivity contribution in [3.63, 3.8) is 0 Å². The monoisotopic (exact) mass is 280 g/mol. The van der Waals surface area contributed by atoms with Crippen LogP contribution in [0, 0.1) is 0 Å². The molecule has 2 heteroatoms. The molecule has 0 atom stereocenters. The van der Waals surface area contributed by atoms with Crippen LogP contribution >= 0.6 is 0 Å². The quantitative estimate of drug-likeness (QED) is 0.605. The number of hydrogen-bond acceptors (Lipinski definition) is 2. The first-order chi connectivity index (χ1) is 10.2. The Labute approximate surface area is 128 Å². The molecule has 0 unspecified atom stereocenters. The number of hydrogen-bond donors (Lipinski definition) is 1. The lowest BCUT2D eigenvalue weighted by atomic mass is 10.2. The fourth-order valence-electron chi connectivity index (χ4n) is 2.08. The van der Waals surface area contributed by atoms with E-state index < -0.39 is 0 Å². The fraction of sp³-hybridized carbons (Fsp3) is 0.263. The van der Waals surface area contributed by atoms with Crippen molar-refractivity contribution in [1.29, 1.82) is 0 Å². The Morgan fingerprint density at radius 2 is 1.48 bits per heavy atom. The van der Waals surface area contributed by atoms with Crippen LogP contribution in [0.5, 0.6) is 0 Å². The smallest absolute Gasteiger partial charge is 0.0385 e. The fourth-order valence-corrected chi connectivity index (χ4v) is 2.08. The third-order valence-corrected chi connectivity index (χ3v) is 3.29. The molecule has 0 aliphatic heterocycles. The molecule has 0 radical (unpaired) electrons. The number of nitrogens with zero attached hydrogens (tertiary/aromatic N) is 1. The van der Waals surface area contributed by atoms with Gasteiger partial charge in [0.25, 0.3) is 0 Å². The summed E-state index contributed by atoms with van der Waals surface area (Å²) in [6.07, 6.45) is 2.25. The highest BCUT2D eigenvalue weighted by molar-refractivity contribution is 5.15. The topological polar surface area (TPSA) is 15.3 Å². The van der Waals surface area contributed by atoms with Crippen molar-refractivity contribution >= 4 is 0 Å². The molecule has 0 saturated heterocycles. The van der Waals surface area contributed by atoms with E-state index in [1.54, 1.807) is 0 Å². The maximum Gasteiger partial charge on any atom is 0.0385 e. The molecule has 2 aromatic carbocycles. The average Bonchev–Trinajstić information content (AvgIpc) is 2.52. The summed E-state index contributed by atoms with van der Waals surface area (Å²) in [5.74, 6) is 0. The summed E-state index contributed by atoms with van der Waals surface area (Å²) >= 11 is 0. The highest BCUT2D eigenvalue weighted by Gasteiger charge is 2.04. The lowest BCUT2D eigenvalue weighted by molar-refractivity contribution is 0.195. The zero-order chi connectivity index (χ0) is 14.9.